The molecule has 0 aromatic carbocycles. The second-order valence-electron chi connectivity index (χ2n) is 12.5. The van der Waals surface area contributed by atoms with Gasteiger partial charge in [-0.15, -0.1) is 141 Å². The quantitative estimate of drug-likeness (QED) is 0.0944. The summed E-state index contributed by atoms with van der Waals surface area (Å²) in [5.74, 6) is 4.29. The van der Waals surface area contributed by atoms with Gasteiger partial charge in [-0.3, -0.25) is 0 Å². The Morgan fingerprint density at radius 3 is 0.609 bits per heavy atom. The molecule has 0 bridgehead atoms. The second-order valence-corrected chi connectivity index (χ2v) is 46.8. The Bertz CT molecular complexity index is 2240. The minimum atomic E-state index is 1.03. The lowest BCUT2D eigenvalue weighted by atomic mass is 10.7. The van der Waals surface area contributed by atoms with E-state index in [9.17, 15) is 0 Å². The Kier molecular flexibility index (Phi) is 28.8. The van der Waals surface area contributed by atoms with Gasteiger partial charge in [0.05, 0.1) is 84.7 Å². The molecule has 0 atom stereocenters. The third-order valence-corrected chi connectivity index (χ3v) is 50.3. The molecule has 0 fully saturated rings. The summed E-state index contributed by atoms with van der Waals surface area (Å²) >= 11 is 59.3. The highest BCUT2D eigenvalue weighted by Gasteiger charge is 2.35. The van der Waals surface area contributed by atoms with E-state index in [2.05, 4.69) is 86.1 Å². The van der Waals surface area contributed by atoms with Crippen LogP contribution in [0.3, 0.4) is 0 Å². The Balaban J connectivity index is 0.801. The lowest BCUT2D eigenvalue weighted by Crippen LogP contribution is -1.87. The molecule has 30 heteroatoms. The first-order valence-corrected chi connectivity index (χ1v) is 48.8. The first-order valence-electron chi connectivity index (χ1n) is 19.2. The molecule has 0 radical (unpaired) electrons. The minimum absolute atomic E-state index is 1.03. The maximum absolute atomic E-state index is 2.25. The molecule has 8 heterocycles. The maximum atomic E-state index is 2.25. The topological polar surface area (TPSA) is 0 Å². The zero-order valence-corrected chi connectivity index (χ0v) is 62.3. The van der Waals surface area contributed by atoms with Gasteiger partial charge >= 0.3 is 0 Å². The summed E-state index contributed by atoms with van der Waals surface area (Å²) in [6.45, 7) is 0. The second kappa shape index (κ2) is 31.9. The van der Waals surface area contributed by atoms with E-state index in [1.54, 1.807) is 0 Å². The molecule has 0 spiro atoms. The largest absolute Gasteiger partial charge is 0.151 e. The van der Waals surface area contributed by atoms with Crippen LogP contribution in [0.15, 0.2) is 104 Å². The lowest BCUT2D eigenvalue weighted by Gasteiger charge is -2.06. The summed E-state index contributed by atoms with van der Waals surface area (Å²) in [6, 6.07) is 0. The smallest absolute Gasteiger partial charge is 0.0717 e. The van der Waals surface area contributed by atoms with Crippen molar-refractivity contribution in [3.63, 3.8) is 0 Å². The third-order valence-electron chi connectivity index (χ3n) is 8.50. The summed E-state index contributed by atoms with van der Waals surface area (Å²) in [7, 11) is 0. The van der Waals surface area contributed by atoms with Gasteiger partial charge in [0, 0.05) is 47.7 Å². The fraction of sp³-hybridized carbons (Fsp3) is 0.385. The van der Waals surface area contributed by atoms with Crippen molar-refractivity contribution in [1.29, 1.82) is 0 Å². The van der Waals surface area contributed by atoms with Crippen molar-refractivity contribution in [3.8, 4) is 0 Å². The highest BCUT2D eigenvalue weighted by atomic mass is 32.3. The molecule has 0 nitrogen and oxygen atoms in total. The van der Waals surface area contributed by atoms with Crippen LogP contribution >= 0.6 is 353 Å². The predicted octanol–water partition coefficient (Wildman–Crippen LogP) is 25.0. The molecule has 376 valence electrons. The Labute approximate surface area is 538 Å². The molecule has 8 aliphatic rings. The lowest BCUT2D eigenvalue weighted by molar-refractivity contribution is 1.67. The maximum Gasteiger partial charge on any atom is 0.0717 e. The van der Waals surface area contributed by atoms with Gasteiger partial charge in [-0.05, 0) is 62.6 Å². The van der Waals surface area contributed by atoms with Crippen molar-refractivity contribution in [2.24, 2.45) is 0 Å². The molecular formula is C39H40S30. The van der Waals surface area contributed by atoms with E-state index in [0.717, 1.165) is 28.1 Å². The van der Waals surface area contributed by atoms with Gasteiger partial charge in [-0.1, -0.05) is 188 Å². The van der Waals surface area contributed by atoms with Crippen molar-refractivity contribution < 1.29 is 0 Å². The van der Waals surface area contributed by atoms with Crippen LogP contribution in [0.5, 0.6) is 0 Å². The Morgan fingerprint density at radius 1 is 0.217 bits per heavy atom. The van der Waals surface area contributed by atoms with Gasteiger partial charge in [-0.25, -0.2) is 0 Å². The zero-order valence-electron chi connectivity index (χ0n) is 37.8. The summed E-state index contributed by atoms with van der Waals surface area (Å²) in [4.78, 5) is 6.14. The van der Waals surface area contributed by atoms with Crippen LogP contribution in [0.1, 0.15) is 0 Å². The summed E-state index contributed by atoms with van der Waals surface area (Å²) in [5, 5.41) is 1.03. The first kappa shape index (κ1) is 62.4. The molecule has 0 N–H and O–H groups in total. The van der Waals surface area contributed by atoms with Gasteiger partial charge in [0.15, 0.2) is 0 Å². The molecule has 8 rings (SSSR count). The average molecular weight is 1470 g/mol. The normalized spacial score (nSPS) is 23.9. The number of hydrogen-bond donors (Lipinski definition) is 0. The molecule has 0 amide bonds. The SMILES string of the molecule is CSC1=C(CSCC2=C(SC)S/C(=C3/SC(SC)=C(SCSC4=C(SC)S/C(=C5/SC(CSCC6=C(SC)SC(=C7SC(SC)=C(SC)S7)S6)=C(SC)S5)S4)S3)S2)SC(=C2SC(SC)=C(SC)S2)S1. The van der Waals surface area contributed by atoms with E-state index in [4.69, 9.17) is 0 Å². The van der Waals surface area contributed by atoms with E-state index < -0.39 is 0 Å². The van der Waals surface area contributed by atoms with Crippen molar-refractivity contribution in [2.75, 3.05) is 90.7 Å². The first-order chi connectivity index (χ1) is 33.7. The van der Waals surface area contributed by atoms with Crippen LogP contribution in [0, 0.1) is 0 Å². The van der Waals surface area contributed by atoms with E-state index in [-0.39, 0.29) is 0 Å². The molecule has 0 aliphatic carbocycles. The molecular weight excluding hydrogens is 1430 g/mol. The summed E-state index contributed by atoms with van der Waals surface area (Å²) in [5.41, 5.74) is 0. The highest BCUT2D eigenvalue weighted by molar-refractivity contribution is 8.48. The van der Waals surface area contributed by atoms with E-state index in [0.29, 0.717) is 0 Å². The van der Waals surface area contributed by atoms with Crippen molar-refractivity contribution in [1.82, 2.24) is 0 Å². The number of hydrogen-bond acceptors (Lipinski definition) is 30. The molecule has 0 aromatic heterocycles. The van der Waals surface area contributed by atoms with Crippen molar-refractivity contribution in [2.45, 2.75) is 0 Å². The van der Waals surface area contributed by atoms with Crippen LogP contribution in [-0.2, 0) is 0 Å². The van der Waals surface area contributed by atoms with Crippen LogP contribution in [0.4, 0.5) is 0 Å². The average Bonchev–Trinajstić information content (AvgIpc) is 4.24. The molecule has 0 aromatic rings. The van der Waals surface area contributed by atoms with Gasteiger partial charge in [0.25, 0.3) is 0 Å². The zero-order chi connectivity index (χ0) is 48.6. The van der Waals surface area contributed by atoms with Gasteiger partial charge in [0.1, 0.15) is 0 Å². The van der Waals surface area contributed by atoms with E-state index >= 15 is 0 Å². The molecule has 0 saturated carbocycles. The van der Waals surface area contributed by atoms with Crippen molar-refractivity contribution >= 4 is 353 Å². The van der Waals surface area contributed by atoms with Crippen LogP contribution in [0.2, 0.25) is 0 Å². The molecule has 0 saturated heterocycles. The molecule has 0 unspecified atom stereocenters. The summed E-state index contributed by atoms with van der Waals surface area (Å²) in [6.07, 6.45) is 22.3. The van der Waals surface area contributed by atoms with Crippen molar-refractivity contribution in [3.05, 3.63) is 104 Å². The third kappa shape index (κ3) is 16.4. The van der Waals surface area contributed by atoms with Crippen LogP contribution in [0.25, 0.3) is 0 Å². The monoisotopic (exact) mass is 1470 g/mol. The molecule has 69 heavy (non-hydrogen) atoms. The fourth-order valence-electron chi connectivity index (χ4n) is 5.53. The Morgan fingerprint density at radius 2 is 0.391 bits per heavy atom. The van der Waals surface area contributed by atoms with Gasteiger partial charge in [0.2, 0.25) is 0 Å². The van der Waals surface area contributed by atoms with Crippen LogP contribution < -0.4 is 0 Å². The number of thioether (sulfide) groups is 30. The molecule has 8 aliphatic heterocycles. The van der Waals surface area contributed by atoms with E-state index in [1.807, 2.05) is 329 Å². The predicted molar refractivity (Wildman–Crippen MR) is 396 cm³/mol. The Hall–Kier alpha value is 7.38. The summed E-state index contributed by atoms with van der Waals surface area (Å²) < 4.78 is 29.4. The minimum Gasteiger partial charge on any atom is -0.151 e. The van der Waals surface area contributed by atoms with E-state index in [1.165, 1.54) is 104 Å². The highest BCUT2D eigenvalue weighted by Crippen LogP contribution is 2.69. The van der Waals surface area contributed by atoms with Crippen LogP contribution in [-0.4, -0.2) is 90.7 Å². The van der Waals surface area contributed by atoms with Gasteiger partial charge in [-0.2, -0.15) is 23.5 Å². The standard InChI is InChI=1S/C39H40S30/c1-40-20-16(54-32(58-20)36-62-24(44-5)25(45-6)63-36)11-50-13-18-22(42-3)60-34(56-18)38-66-28(48-9)30(68-38)52-15-53-31-29(49-10)67-39(69-31)35-57-19(23(43-4)61-35)14-51-12-17-21(41-2)59-33(55-17)37-64-26(46-7)27(47-8)65-37/h11-15H2,1-10H3/b38-34-,39-35+. The van der Waals surface area contributed by atoms with Gasteiger partial charge < -0.3 is 0 Å². The number of rotatable bonds is 22. The fourth-order valence-corrected chi connectivity index (χ4v) is 46.6.